The molecule has 10 nitrogen and oxygen atoms in total. The van der Waals surface area contributed by atoms with E-state index in [9.17, 15) is 13.2 Å². The van der Waals surface area contributed by atoms with Crippen LogP contribution in [-0.2, 0) is 27.7 Å². The quantitative estimate of drug-likeness (QED) is 0.513. The Hall–Kier alpha value is -3.31. The summed E-state index contributed by atoms with van der Waals surface area (Å²) in [6.45, 7) is 0.592. The van der Waals surface area contributed by atoms with E-state index < -0.39 is 10.0 Å². The normalized spacial score (nSPS) is 17.2. The third-order valence-electron chi connectivity index (χ3n) is 6.44. The summed E-state index contributed by atoms with van der Waals surface area (Å²) in [5, 5.41) is 3.87. The highest BCUT2D eigenvalue weighted by atomic mass is 32.2. The monoisotopic (exact) mass is 482 g/mol. The number of anilines is 1. The largest absolute Gasteiger partial charge is 0.340 e. The van der Waals surface area contributed by atoms with Gasteiger partial charge in [0.05, 0.1) is 4.90 Å². The lowest BCUT2D eigenvalue weighted by Crippen LogP contribution is -2.44. The number of hydrogen-bond acceptors (Lipinski definition) is 8. The maximum absolute atomic E-state index is 13.2. The van der Waals surface area contributed by atoms with Crippen molar-refractivity contribution in [2.75, 3.05) is 18.5 Å². The van der Waals surface area contributed by atoms with E-state index in [1.54, 1.807) is 30.6 Å². The highest BCUT2D eigenvalue weighted by Gasteiger charge is 2.32. The molecule has 1 amide bonds. The molecule has 178 valence electrons. The van der Waals surface area contributed by atoms with E-state index in [4.69, 9.17) is 4.52 Å². The van der Waals surface area contributed by atoms with Crippen LogP contribution in [0.25, 0.3) is 11.4 Å². The Morgan fingerprint density at radius 2 is 1.76 bits per heavy atom. The van der Waals surface area contributed by atoms with Gasteiger partial charge in [0.2, 0.25) is 21.8 Å². The van der Waals surface area contributed by atoms with E-state index in [0.29, 0.717) is 36.7 Å². The van der Waals surface area contributed by atoms with Crippen molar-refractivity contribution in [2.45, 2.75) is 43.4 Å². The molecule has 5 rings (SSSR count). The van der Waals surface area contributed by atoms with E-state index in [-0.39, 0.29) is 17.8 Å². The molecule has 11 heteroatoms. The molecule has 1 saturated heterocycles. The number of sulfonamides is 1. The zero-order valence-electron chi connectivity index (χ0n) is 18.6. The van der Waals surface area contributed by atoms with Gasteiger partial charge in [0.15, 0.2) is 0 Å². The average molecular weight is 483 g/mol. The van der Waals surface area contributed by atoms with Gasteiger partial charge in [-0.25, -0.2) is 13.8 Å². The minimum atomic E-state index is -3.58. The Morgan fingerprint density at radius 3 is 2.53 bits per heavy atom. The fourth-order valence-electron chi connectivity index (χ4n) is 4.49. The molecule has 2 aromatic heterocycles. The fourth-order valence-corrected chi connectivity index (χ4v) is 6.01. The van der Waals surface area contributed by atoms with Crippen LogP contribution >= 0.6 is 0 Å². The van der Waals surface area contributed by atoms with Crippen LogP contribution in [0.5, 0.6) is 0 Å². The summed E-state index contributed by atoms with van der Waals surface area (Å²) < 4.78 is 32.9. The van der Waals surface area contributed by atoms with Crippen LogP contribution in [0.1, 0.15) is 36.8 Å². The molecule has 0 saturated carbocycles. The first-order valence-electron chi connectivity index (χ1n) is 11.4. The number of nitrogens with zero attached hydrogens (tertiary/aromatic N) is 4. The van der Waals surface area contributed by atoms with E-state index in [0.717, 1.165) is 36.8 Å². The van der Waals surface area contributed by atoms with Crippen molar-refractivity contribution in [3.05, 3.63) is 53.9 Å². The Kier molecular flexibility index (Phi) is 6.29. The number of aromatic nitrogens is 3. The van der Waals surface area contributed by atoms with Gasteiger partial charge in [-0.05, 0) is 73.9 Å². The number of benzene rings is 1. The minimum absolute atomic E-state index is 0.0626. The minimum Gasteiger partial charge on any atom is -0.313 e. The van der Waals surface area contributed by atoms with Crippen LogP contribution in [0.15, 0.2) is 52.1 Å². The average Bonchev–Trinajstić information content (AvgIpc) is 3.37. The number of hydrazine groups is 1. The molecule has 3 aromatic rings. The van der Waals surface area contributed by atoms with Crippen molar-refractivity contribution in [3.8, 4) is 11.4 Å². The number of piperidine rings is 1. The maximum Gasteiger partial charge on any atom is 0.340 e. The summed E-state index contributed by atoms with van der Waals surface area (Å²) in [5.74, 6) is -0.181. The summed E-state index contributed by atoms with van der Waals surface area (Å²) in [5.41, 5.74) is 8.36. The molecule has 0 spiro atoms. The second-order valence-corrected chi connectivity index (χ2v) is 10.5. The standard InChI is InChI=1S/C23H26N6O4S/c30-22(26-27-23-25-21(28-33-23)17-7-11-24-12-8-17)18-9-13-29(14-10-18)34(31,32)20-6-5-16-3-1-2-4-19(16)15-20/h5-8,11-12,15,18H,1-4,9-10,13-14H2,(H,26,30)(H,25,27,28). The smallest absolute Gasteiger partial charge is 0.313 e. The second kappa shape index (κ2) is 9.51. The number of aryl methyl sites for hydroxylation is 2. The van der Waals surface area contributed by atoms with Crippen LogP contribution in [0.3, 0.4) is 0 Å². The molecule has 1 aliphatic carbocycles. The Labute approximate surface area is 197 Å². The van der Waals surface area contributed by atoms with Crippen LogP contribution in [0, 0.1) is 5.92 Å². The SMILES string of the molecule is O=C(NNc1nc(-c2ccncc2)no1)C1CCN(S(=O)(=O)c2ccc3c(c2)CCCC3)CC1. The van der Waals surface area contributed by atoms with Crippen LogP contribution in [0.2, 0.25) is 0 Å². The number of nitrogens with one attached hydrogen (secondary N) is 2. The van der Waals surface area contributed by atoms with Crippen molar-refractivity contribution >= 4 is 21.9 Å². The first-order valence-corrected chi connectivity index (χ1v) is 12.9. The number of amides is 1. The molecule has 1 aromatic carbocycles. The fraction of sp³-hybridized carbons (Fsp3) is 0.391. The highest BCUT2D eigenvalue weighted by Crippen LogP contribution is 2.28. The molecule has 0 bridgehead atoms. The van der Waals surface area contributed by atoms with Crippen LogP contribution < -0.4 is 10.9 Å². The number of carbonyl (C=O) groups excluding carboxylic acids is 1. The van der Waals surface area contributed by atoms with Gasteiger partial charge >= 0.3 is 6.01 Å². The van der Waals surface area contributed by atoms with Crippen molar-refractivity contribution < 1.29 is 17.7 Å². The van der Waals surface area contributed by atoms with Crippen molar-refractivity contribution in [1.29, 1.82) is 0 Å². The topological polar surface area (TPSA) is 130 Å². The molecule has 0 radical (unpaired) electrons. The number of hydrogen-bond donors (Lipinski definition) is 2. The summed E-state index contributed by atoms with van der Waals surface area (Å²) in [7, 11) is -3.58. The summed E-state index contributed by atoms with van der Waals surface area (Å²) >= 11 is 0. The lowest BCUT2D eigenvalue weighted by atomic mass is 9.92. The lowest BCUT2D eigenvalue weighted by Gasteiger charge is -2.30. The van der Waals surface area contributed by atoms with E-state index in [1.165, 1.54) is 9.87 Å². The van der Waals surface area contributed by atoms with Gasteiger partial charge in [0.25, 0.3) is 0 Å². The zero-order chi connectivity index (χ0) is 23.5. The number of fused-ring (bicyclic) bond motifs is 1. The molecule has 1 fully saturated rings. The second-order valence-electron chi connectivity index (χ2n) is 8.59. The van der Waals surface area contributed by atoms with E-state index in [1.807, 2.05) is 12.1 Å². The Balaban J connectivity index is 1.15. The molecule has 2 N–H and O–H groups in total. The van der Waals surface area contributed by atoms with Crippen LogP contribution in [-0.4, -0.2) is 46.8 Å². The van der Waals surface area contributed by atoms with Gasteiger partial charge in [-0.2, -0.15) is 9.29 Å². The molecular weight excluding hydrogens is 456 g/mol. The van der Waals surface area contributed by atoms with E-state index in [2.05, 4.69) is 26.0 Å². The summed E-state index contributed by atoms with van der Waals surface area (Å²) in [6, 6.07) is 9.06. The predicted molar refractivity (Wildman–Crippen MR) is 124 cm³/mol. The van der Waals surface area contributed by atoms with Gasteiger partial charge in [-0.1, -0.05) is 11.2 Å². The Bertz CT molecular complexity index is 1270. The highest BCUT2D eigenvalue weighted by molar-refractivity contribution is 7.89. The summed E-state index contributed by atoms with van der Waals surface area (Å²) in [6.07, 6.45) is 8.31. The number of rotatable bonds is 6. The molecule has 34 heavy (non-hydrogen) atoms. The number of carbonyl (C=O) groups is 1. The zero-order valence-corrected chi connectivity index (χ0v) is 19.4. The van der Waals surface area contributed by atoms with Gasteiger partial charge in [-0.3, -0.25) is 15.2 Å². The van der Waals surface area contributed by atoms with Gasteiger partial charge in [-0.15, -0.1) is 0 Å². The molecule has 0 unspecified atom stereocenters. The first kappa shape index (κ1) is 22.5. The maximum atomic E-state index is 13.2. The van der Waals surface area contributed by atoms with Crippen LogP contribution in [0.4, 0.5) is 6.01 Å². The molecule has 0 atom stereocenters. The molecule has 1 aliphatic heterocycles. The van der Waals surface area contributed by atoms with Crippen molar-refractivity contribution in [2.24, 2.45) is 5.92 Å². The molecular formula is C23H26N6O4S. The predicted octanol–water partition coefficient (Wildman–Crippen LogP) is 2.55. The van der Waals surface area contributed by atoms with Gasteiger partial charge in [0.1, 0.15) is 0 Å². The lowest BCUT2D eigenvalue weighted by molar-refractivity contribution is -0.125. The van der Waals surface area contributed by atoms with Gasteiger partial charge < -0.3 is 4.52 Å². The Morgan fingerprint density at radius 1 is 1.03 bits per heavy atom. The van der Waals surface area contributed by atoms with E-state index >= 15 is 0 Å². The van der Waals surface area contributed by atoms with Crippen molar-refractivity contribution in [3.63, 3.8) is 0 Å². The first-order chi connectivity index (χ1) is 16.5. The number of pyridine rings is 1. The van der Waals surface area contributed by atoms with Crippen molar-refractivity contribution in [1.82, 2.24) is 24.9 Å². The van der Waals surface area contributed by atoms with Gasteiger partial charge in [0, 0.05) is 37.0 Å². The molecule has 3 heterocycles. The summed E-state index contributed by atoms with van der Waals surface area (Å²) in [4.78, 5) is 21.1. The molecule has 2 aliphatic rings. The third kappa shape index (κ3) is 4.66. The third-order valence-corrected chi connectivity index (χ3v) is 8.33.